The van der Waals surface area contributed by atoms with Crippen molar-refractivity contribution in [1.82, 2.24) is 4.90 Å². The van der Waals surface area contributed by atoms with Crippen LogP contribution in [0.1, 0.15) is 18.9 Å². The third-order valence-electron chi connectivity index (χ3n) is 3.31. The van der Waals surface area contributed by atoms with E-state index < -0.39 is 0 Å². The Labute approximate surface area is 110 Å². The number of likely N-dealkylation sites (tertiary alicyclic amines) is 1. The molecule has 1 aliphatic rings. The molecule has 0 spiro atoms. The highest BCUT2D eigenvalue weighted by atomic mass is 79.9. The van der Waals surface area contributed by atoms with Crippen LogP contribution in [0.25, 0.3) is 0 Å². The summed E-state index contributed by atoms with van der Waals surface area (Å²) in [6.45, 7) is 4.20. The van der Waals surface area contributed by atoms with Gasteiger partial charge in [-0.05, 0) is 47.0 Å². The summed E-state index contributed by atoms with van der Waals surface area (Å²) < 4.78 is 0.948. The topological polar surface area (TPSA) is 29.3 Å². The quantitative estimate of drug-likeness (QED) is 0.910. The Kier molecular flexibility index (Phi) is 3.90. The minimum Gasteiger partial charge on any atom is -0.326 e. The molecule has 1 saturated heterocycles. The van der Waals surface area contributed by atoms with Crippen molar-refractivity contribution in [3.8, 4) is 0 Å². The fourth-order valence-corrected chi connectivity index (χ4v) is 2.58. The van der Waals surface area contributed by atoms with Gasteiger partial charge in [0.2, 0.25) is 0 Å². The number of halogens is 2. The van der Waals surface area contributed by atoms with Crippen LogP contribution in [0.5, 0.6) is 0 Å². The maximum Gasteiger partial charge on any atom is 0.0551 e. The largest absolute Gasteiger partial charge is 0.326 e. The summed E-state index contributed by atoms with van der Waals surface area (Å²) in [5.41, 5.74) is 7.25. The van der Waals surface area contributed by atoms with Crippen LogP contribution in [-0.2, 0) is 6.54 Å². The van der Waals surface area contributed by atoms with Crippen molar-refractivity contribution < 1.29 is 0 Å². The first-order chi connectivity index (χ1) is 7.58. The lowest BCUT2D eigenvalue weighted by Crippen LogP contribution is -2.36. The van der Waals surface area contributed by atoms with Gasteiger partial charge in [-0.15, -0.1) is 0 Å². The van der Waals surface area contributed by atoms with E-state index in [0.717, 1.165) is 29.0 Å². The highest BCUT2D eigenvalue weighted by Crippen LogP contribution is 2.25. The van der Waals surface area contributed by atoms with E-state index in [1.807, 2.05) is 12.1 Å². The van der Waals surface area contributed by atoms with Gasteiger partial charge in [0.25, 0.3) is 0 Å². The van der Waals surface area contributed by atoms with Crippen molar-refractivity contribution in [2.75, 3.05) is 6.54 Å². The van der Waals surface area contributed by atoms with Crippen LogP contribution in [0.4, 0.5) is 0 Å². The zero-order chi connectivity index (χ0) is 11.7. The lowest BCUT2D eigenvalue weighted by molar-refractivity contribution is 0.251. The summed E-state index contributed by atoms with van der Waals surface area (Å²) >= 11 is 9.47. The predicted molar refractivity (Wildman–Crippen MR) is 71.6 cm³/mol. The molecule has 2 atom stereocenters. The maximum absolute atomic E-state index is 6.07. The molecule has 2 N–H and O–H groups in total. The molecule has 0 bridgehead atoms. The zero-order valence-electron chi connectivity index (χ0n) is 9.29. The average Bonchev–Trinajstić information content (AvgIpc) is 2.55. The van der Waals surface area contributed by atoms with E-state index in [2.05, 4.69) is 33.8 Å². The molecule has 0 aliphatic carbocycles. The van der Waals surface area contributed by atoms with Crippen LogP contribution in [0, 0.1) is 0 Å². The van der Waals surface area contributed by atoms with Crippen LogP contribution in [-0.4, -0.2) is 23.5 Å². The van der Waals surface area contributed by atoms with Gasteiger partial charge < -0.3 is 5.73 Å². The Balaban J connectivity index is 2.07. The molecule has 2 nitrogen and oxygen atoms in total. The van der Waals surface area contributed by atoms with E-state index in [9.17, 15) is 0 Å². The molecule has 2 unspecified atom stereocenters. The van der Waals surface area contributed by atoms with Gasteiger partial charge >= 0.3 is 0 Å². The van der Waals surface area contributed by atoms with E-state index in [0.29, 0.717) is 12.1 Å². The van der Waals surface area contributed by atoms with Crippen LogP contribution < -0.4 is 5.73 Å². The Morgan fingerprint density at radius 2 is 2.31 bits per heavy atom. The van der Waals surface area contributed by atoms with E-state index in [1.165, 1.54) is 5.56 Å². The number of nitrogens with two attached hydrogens (primary N) is 1. The van der Waals surface area contributed by atoms with Crippen molar-refractivity contribution in [2.24, 2.45) is 5.73 Å². The van der Waals surface area contributed by atoms with Crippen LogP contribution >= 0.6 is 27.5 Å². The molecule has 1 aromatic rings. The van der Waals surface area contributed by atoms with Crippen LogP contribution in [0.2, 0.25) is 5.02 Å². The minimum absolute atomic E-state index is 0.311. The highest BCUT2D eigenvalue weighted by molar-refractivity contribution is 9.10. The molecule has 1 heterocycles. The normalized spacial score (nSPS) is 26.2. The molecule has 4 heteroatoms. The molecule has 88 valence electrons. The van der Waals surface area contributed by atoms with Gasteiger partial charge in [0.1, 0.15) is 0 Å². The Morgan fingerprint density at radius 1 is 1.56 bits per heavy atom. The summed E-state index contributed by atoms with van der Waals surface area (Å²) in [5.74, 6) is 0. The van der Waals surface area contributed by atoms with Gasteiger partial charge in [-0.25, -0.2) is 0 Å². The second kappa shape index (κ2) is 5.05. The number of benzene rings is 1. The van der Waals surface area contributed by atoms with Crippen LogP contribution in [0.3, 0.4) is 0 Å². The number of hydrogen-bond acceptors (Lipinski definition) is 2. The molecule has 0 radical (unpaired) electrons. The van der Waals surface area contributed by atoms with Gasteiger partial charge in [-0.3, -0.25) is 4.90 Å². The molecule has 1 fully saturated rings. The molecule has 1 aromatic carbocycles. The molecule has 16 heavy (non-hydrogen) atoms. The number of rotatable bonds is 2. The number of nitrogens with zero attached hydrogens (tertiary/aromatic N) is 1. The summed E-state index contributed by atoms with van der Waals surface area (Å²) in [6, 6.07) is 6.89. The van der Waals surface area contributed by atoms with Crippen molar-refractivity contribution in [1.29, 1.82) is 0 Å². The smallest absolute Gasteiger partial charge is 0.0551 e. The Bertz CT molecular complexity index is 383. The Hall–Kier alpha value is -0.0900. The second-order valence-corrected chi connectivity index (χ2v) is 5.67. The molecule has 0 aromatic heterocycles. The fraction of sp³-hybridized carbons (Fsp3) is 0.500. The third kappa shape index (κ3) is 2.59. The molecular formula is C12H16BrClN2. The van der Waals surface area contributed by atoms with Crippen molar-refractivity contribution in [3.63, 3.8) is 0 Å². The molecule has 0 saturated carbocycles. The zero-order valence-corrected chi connectivity index (χ0v) is 11.6. The maximum atomic E-state index is 6.07. The summed E-state index contributed by atoms with van der Waals surface area (Å²) in [7, 11) is 0. The molecule has 1 aliphatic heterocycles. The second-order valence-electron chi connectivity index (χ2n) is 4.41. The summed E-state index contributed by atoms with van der Waals surface area (Å²) in [6.07, 6.45) is 1.09. The van der Waals surface area contributed by atoms with Gasteiger partial charge in [0.15, 0.2) is 0 Å². The monoisotopic (exact) mass is 302 g/mol. The highest BCUT2D eigenvalue weighted by Gasteiger charge is 2.27. The average molecular weight is 304 g/mol. The van der Waals surface area contributed by atoms with Crippen molar-refractivity contribution in [3.05, 3.63) is 33.3 Å². The van der Waals surface area contributed by atoms with E-state index in [4.69, 9.17) is 17.3 Å². The van der Waals surface area contributed by atoms with E-state index in [-0.39, 0.29) is 0 Å². The van der Waals surface area contributed by atoms with Gasteiger partial charge in [-0.2, -0.15) is 0 Å². The van der Waals surface area contributed by atoms with Gasteiger partial charge in [0.05, 0.1) is 5.02 Å². The molecule has 2 rings (SSSR count). The van der Waals surface area contributed by atoms with Crippen molar-refractivity contribution in [2.45, 2.75) is 32.0 Å². The van der Waals surface area contributed by atoms with Gasteiger partial charge in [0, 0.05) is 29.6 Å². The predicted octanol–water partition coefficient (Wildman–Crippen LogP) is 3.02. The minimum atomic E-state index is 0.311. The lowest BCUT2D eigenvalue weighted by Gasteiger charge is -2.23. The van der Waals surface area contributed by atoms with Crippen LogP contribution in [0.15, 0.2) is 22.7 Å². The first-order valence-electron chi connectivity index (χ1n) is 5.51. The lowest BCUT2D eigenvalue weighted by atomic mass is 10.1. The Morgan fingerprint density at radius 3 is 2.88 bits per heavy atom. The standard InChI is InChI=1S/C12H16BrClN2/c1-8-12(15)4-5-16(8)7-9-2-3-10(13)11(14)6-9/h2-3,6,8,12H,4-5,7,15H2,1H3. The first kappa shape index (κ1) is 12.4. The first-order valence-corrected chi connectivity index (χ1v) is 6.68. The van der Waals surface area contributed by atoms with Gasteiger partial charge in [-0.1, -0.05) is 17.7 Å². The number of hydrogen-bond donors (Lipinski definition) is 1. The summed E-state index contributed by atoms with van der Waals surface area (Å²) in [5, 5.41) is 0.772. The fourth-order valence-electron chi connectivity index (χ4n) is 2.13. The molecular weight excluding hydrogens is 288 g/mol. The van der Waals surface area contributed by atoms with E-state index >= 15 is 0 Å². The summed E-state index contributed by atoms with van der Waals surface area (Å²) in [4.78, 5) is 2.41. The third-order valence-corrected chi connectivity index (χ3v) is 4.55. The molecule has 0 amide bonds. The SMILES string of the molecule is CC1C(N)CCN1Cc1ccc(Br)c(Cl)c1. The van der Waals surface area contributed by atoms with Crippen molar-refractivity contribution >= 4 is 27.5 Å². The van der Waals surface area contributed by atoms with E-state index in [1.54, 1.807) is 0 Å².